The van der Waals surface area contributed by atoms with Gasteiger partial charge in [-0.25, -0.2) is 4.57 Å². The Hall–Kier alpha value is -1.43. The fraction of sp³-hybridized carbons (Fsp3) is 0.462. The highest BCUT2D eigenvalue weighted by Crippen LogP contribution is 1.96. The molecule has 1 atom stereocenters. The summed E-state index contributed by atoms with van der Waals surface area (Å²) in [6, 6.07) is 5.06. The predicted molar refractivity (Wildman–Crippen MR) is 65.7 cm³/mol. The van der Waals surface area contributed by atoms with Gasteiger partial charge in [0.15, 0.2) is 12.4 Å². The second-order valence-electron chi connectivity index (χ2n) is 4.20. The van der Waals surface area contributed by atoms with Crippen molar-refractivity contribution >= 4 is 11.9 Å². The average Bonchev–Trinajstić information content (AvgIpc) is 2.35. The third kappa shape index (κ3) is 7.56. The Morgan fingerprint density at radius 1 is 1.21 bits per heavy atom. The molecular formula is C13H19BrN2O3. The molecule has 2 N–H and O–H groups in total. The standard InChI is InChI=1S/C13H18N2O3.BrH/c1-11(13(17)18)14-12(16)7-3-6-10-15-8-4-2-5-9-15;/h2,4-5,8-9,11H,3,6-7,10H2,1H3,(H-,14,16,17,18);1H. The number of carbonyl (C=O) groups excluding carboxylic acids is 1. The van der Waals surface area contributed by atoms with Crippen LogP contribution >= 0.6 is 0 Å². The lowest BCUT2D eigenvalue weighted by Crippen LogP contribution is -3.00. The lowest BCUT2D eigenvalue weighted by atomic mass is 10.2. The van der Waals surface area contributed by atoms with E-state index in [-0.39, 0.29) is 22.9 Å². The molecule has 0 aliphatic carbocycles. The number of hydrogen-bond donors (Lipinski definition) is 2. The van der Waals surface area contributed by atoms with E-state index >= 15 is 0 Å². The van der Waals surface area contributed by atoms with Crippen molar-refractivity contribution in [2.24, 2.45) is 0 Å². The summed E-state index contributed by atoms with van der Waals surface area (Å²) in [5.41, 5.74) is 0. The van der Waals surface area contributed by atoms with E-state index in [1.807, 2.05) is 30.6 Å². The minimum absolute atomic E-state index is 0. The van der Waals surface area contributed by atoms with Crippen LogP contribution in [0.4, 0.5) is 0 Å². The maximum Gasteiger partial charge on any atom is 0.325 e. The van der Waals surface area contributed by atoms with Gasteiger partial charge in [-0.2, -0.15) is 0 Å². The van der Waals surface area contributed by atoms with Gasteiger partial charge < -0.3 is 27.4 Å². The van der Waals surface area contributed by atoms with Crippen LogP contribution in [-0.4, -0.2) is 23.0 Å². The van der Waals surface area contributed by atoms with Crippen molar-refractivity contribution in [2.75, 3.05) is 0 Å². The third-order valence-electron chi connectivity index (χ3n) is 2.60. The summed E-state index contributed by atoms with van der Waals surface area (Å²) in [5.74, 6) is -1.22. The molecule has 0 aromatic carbocycles. The van der Waals surface area contributed by atoms with Gasteiger partial charge in [-0.1, -0.05) is 6.07 Å². The molecule has 1 rings (SSSR count). The molecule has 0 bridgehead atoms. The van der Waals surface area contributed by atoms with Gasteiger partial charge in [0.25, 0.3) is 0 Å². The number of pyridine rings is 1. The summed E-state index contributed by atoms with van der Waals surface area (Å²) < 4.78 is 2.05. The molecule has 0 aliphatic heterocycles. The van der Waals surface area contributed by atoms with Gasteiger partial charge in [0, 0.05) is 25.0 Å². The number of aliphatic carboxylic acids is 1. The molecule has 0 saturated heterocycles. The number of aryl methyl sites for hydroxylation is 1. The molecule has 0 saturated carbocycles. The Morgan fingerprint density at radius 2 is 1.84 bits per heavy atom. The molecule has 19 heavy (non-hydrogen) atoms. The number of rotatable bonds is 7. The number of carbonyl (C=O) groups is 2. The number of halogens is 1. The summed E-state index contributed by atoms with van der Waals surface area (Å²) in [6.45, 7) is 2.32. The smallest absolute Gasteiger partial charge is 0.325 e. The zero-order valence-corrected chi connectivity index (χ0v) is 12.5. The van der Waals surface area contributed by atoms with Crippen molar-refractivity contribution in [1.29, 1.82) is 0 Å². The molecule has 0 aliphatic rings. The van der Waals surface area contributed by atoms with Crippen LogP contribution in [-0.2, 0) is 16.1 Å². The van der Waals surface area contributed by atoms with E-state index in [0.717, 1.165) is 19.4 Å². The molecule has 0 spiro atoms. The first-order valence-electron chi connectivity index (χ1n) is 6.06. The van der Waals surface area contributed by atoms with Crippen LogP contribution in [0.1, 0.15) is 26.2 Å². The summed E-state index contributed by atoms with van der Waals surface area (Å²) in [4.78, 5) is 21.9. The second kappa shape index (κ2) is 9.49. The van der Waals surface area contributed by atoms with Crippen LogP contribution in [0, 0.1) is 0 Å². The maximum atomic E-state index is 11.4. The number of unbranched alkanes of at least 4 members (excludes halogenated alkanes) is 1. The van der Waals surface area contributed by atoms with Crippen LogP contribution in [0.2, 0.25) is 0 Å². The van der Waals surface area contributed by atoms with E-state index < -0.39 is 12.0 Å². The maximum absolute atomic E-state index is 11.4. The lowest BCUT2D eigenvalue weighted by Gasteiger charge is -2.08. The minimum Gasteiger partial charge on any atom is -1.00 e. The van der Waals surface area contributed by atoms with Crippen LogP contribution < -0.4 is 26.9 Å². The van der Waals surface area contributed by atoms with Gasteiger partial charge in [0.05, 0.1) is 0 Å². The topological polar surface area (TPSA) is 70.3 Å². The normalized spacial score (nSPS) is 11.2. The Morgan fingerprint density at radius 3 is 2.42 bits per heavy atom. The second-order valence-corrected chi connectivity index (χ2v) is 4.20. The van der Waals surface area contributed by atoms with E-state index in [1.54, 1.807) is 0 Å². The quantitative estimate of drug-likeness (QED) is 0.438. The van der Waals surface area contributed by atoms with E-state index in [2.05, 4.69) is 9.88 Å². The molecule has 0 radical (unpaired) electrons. The molecule has 1 amide bonds. The van der Waals surface area contributed by atoms with Crippen LogP contribution in [0.3, 0.4) is 0 Å². The number of carboxylic acids is 1. The van der Waals surface area contributed by atoms with Crippen LogP contribution in [0.5, 0.6) is 0 Å². The molecule has 1 aromatic rings. The Kier molecular flexibility index (Phi) is 8.78. The van der Waals surface area contributed by atoms with Crippen molar-refractivity contribution in [3.8, 4) is 0 Å². The van der Waals surface area contributed by atoms with Gasteiger partial charge in [0.2, 0.25) is 5.91 Å². The third-order valence-corrected chi connectivity index (χ3v) is 2.60. The zero-order chi connectivity index (χ0) is 13.4. The molecule has 1 unspecified atom stereocenters. The first kappa shape index (κ1) is 17.6. The Labute approximate surface area is 123 Å². The largest absolute Gasteiger partial charge is 1.00 e. The summed E-state index contributed by atoms with van der Waals surface area (Å²) in [5, 5.41) is 11.1. The van der Waals surface area contributed by atoms with E-state index in [1.165, 1.54) is 6.92 Å². The van der Waals surface area contributed by atoms with E-state index in [9.17, 15) is 9.59 Å². The molecule has 5 nitrogen and oxygen atoms in total. The summed E-state index contributed by atoms with van der Waals surface area (Å²) >= 11 is 0. The monoisotopic (exact) mass is 330 g/mol. The zero-order valence-electron chi connectivity index (χ0n) is 10.9. The number of amides is 1. The first-order chi connectivity index (χ1) is 8.59. The van der Waals surface area contributed by atoms with Gasteiger partial charge in [-0.05, 0) is 13.3 Å². The Balaban J connectivity index is 0.00000324. The van der Waals surface area contributed by atoms with Gasteiger partial charge in [0.1, 0.15) is 12.6 Å². The van der Waals surface area contributed by atoms with Crippen molar-refractivity contribution < 1.29 is 36.2 Å². The van der Waals surface area contributed by atoms with Gasteiger partial charge >= 0.3 is 5.97 Å². The Bertz CT molecular complexity index is 398. The molecule has 0 fully saturated rings. The number of hydrogen-bond acceptors (Lipinski definition) is 2. The fourth-order valence-corrected chi connectivity index (χ4v) is 1.54. The van der Waals surface area contributed by atoms with Crippen molar-refractivity contribution in [3.05, 3.63) is 30.6 Å². The molecule has 106 valence electrons. The highest BCUT2D eigenvalue weighted by atomic mass is 79.9. The van der Waals surface area contributed by atoms with Crippen molar-refractivity contribution in [3.63, 3.8) is 0 Å². The SMILES string of the molecule is CC(NC(=O)CCCC[n+]1ccccc1)C(=O)O.[Br-]. The van der Waals surface area contributed by atoms with Gasteiger partial charge in [-0.15, -0.1) is 0 Å². The number of aromatic nitrogens is 1. The molecule has 6 heteroatoms. The summed E-state index contributed by atoms with van der Waals surface area (Å²) in [7, 11) is 0. The fourth-order valence-electron chi connectivity index (χ4n) is 1.54. The molecular weight excluding hydrogens is 312 g/mol. The number of nitrogens with one attached hydrogen (secondary N) is 1. The summed E-state index contributed by atoms with van der Waals surface area (Å²) in [6.07, 6.45) is 5.97. The molecule has 1 aromatic heterocycles. The first-order valence-corrected chi connectivity index (χ1v) is 6.06. The van der Waals surface area contributed by atoms with E-state index in [4.69, 9.17) is 5.11 Å². The lowest BCUT2D eigenvalue weighted by molar-refractivity contribution is -0.697. The van der Waals surface area contributed by atoms with Crippen molar-refractivity contribution in [1.82, 2.24) is 5.32 Å². The minimum atomic E-state index is -1.01. The number of nitrogens with zero attached hydrogens (tertiary/aromatic N) is 1. The van der Waals surface area contributed by atoms with Crippen LogP contribution in [0.15, 0.2) is 30.6 Å². The van der Waals surface area contributed by atoms with Crippen LogP contribution in [0.25, 0.3) is 0 Å². The average molecular weight is 331 g/mol. The van der Waals surface area contributed by atoms with E-state index in [0.29, 0.717) is 6.42 Å². The highest BCUT2D eigenvalue weighted by Gasteiger charge is 2.13. The highest BCUT2D eigenvalue weighted by molar-refractivity contribution is 5.83. The van der Waals surface area contributed by atoms with Gasteiger partial charge in [-0.3, -0.25) is 9.59 Å². The molecule has 1 heterocycles. The van der Waals surface area contributed by atoms with Crippen molar-refractivity contribution in [2.45, 2.75) is 38.8 Å². The predicted octanol–water partition coefficient (Wildman–Crippen LogP) is -2.26. The number of carboxylic acid groups (broad SMARTS) is 1.